The summed E-state index contributed by atoms with van der Waals surface area (Å²) in [5.41, 5.74) is 5.73. The van der Waals surface area contributed by atoms with E-state index in [9.17, 15) is 14.8 Å². The average Bonchev–Trinajstić information content (AvgIpc) is 2.96. The Morgan fingerprint density at radius 2 is 1.79 bits per heavy atom. The minimum absolute atomic E-state index is 0.115. The van der Waals surface area contributed by atoms with Crippen LogP contribution in [0.1, 0.15) is 28.0 Å². The minimum Gasteiger partial charge on any atom is -0.489 e. The van der Waals surface area contributed by atoms with E-state index in [-0.39, 0.29) is 12.5 Å². The number of aryl methyl sites for hydroxylation is 1. The predicted molar refractivity (Wildman–Crippen MR) is 143 cm³/mol. The number of hydrogen-bond donors (Lipinski definition) is 2. The van der Waals surface area contributed by atoms with Crippen molar-refractivity contribution in [3.8, 4) is 5.75 Å². The van der Waals surface area contributed by atoms with Crippen LogP contribution in [0, 0.1) is 12.8 Å². The van der Waals surface area contributed by atoms with E-state index in [1.54, 1.807) is 34.6 Å². The maximum atomic E-state index is 13.8. The first kappa shape index (κ1) is 25.4. The smallest absolute Gasteiger partial charge is 0.258 e. The van der Waals surface area contributed by atoms with Gasteiger partial charge in [-0.2, -0.15) is 0 Å². The molecule has 194 valence electrons. The van der Waals surface area contributed by atoms with Crippen LogP contribution in [0.3, 0.4) is 0 Å². The van der Waals surface area contributed by atoms with Gasteiger partial charge < -0.3 is 14.4 Å². The van der Waals surface area contributed by atoms with Crippen molar-refractivity contribution in [2.45, 2.75) is 26.0 Å². The Morgan fingerprint density at radius 3 is 2.55 bits per heavy atom. The highest BCUT2D eigenvalue weighted by molar-refractivity contribution is 6.07. The summed E-state index contributed by atoms with van der Waals surface area (Å²) < 4.78 is 11.6. The standard InChI is InChI=1S/C30H29N3O5/c1-20-17-22(25-9-5-6-10-27(25)31-20)18-38-24-13-11-21(12-14-24)30(35)33(23-7-3-2-4-8-23)28-15-16-37-19-26(28)29(34)32-36/h2-14,17,26,28,36H,15-16,18-19H2,1H3,(H,32,34)/t26-,28+/m0/s1. The molecule has 0 unspecified atom stereocenters. The number of carbonyl (C=O) groups excluding carboxylic acids is 2. The number of hydroxylamine groups is 1. The zero-order valence-corrected chi connectivity index (χ0v) is 21.0. The van der Waals surface area contributed by atoms with Crippen LogP contribution in [-0.4, -0.2) is 41.3 Å². The Bertz CT molecular complexity index is 1430. The fourth-order valence-electron chi connectivity index (χ4n) is 4.93. The molecule has 8 heteroatoms. The molecule has 2 amide bonds. The first-order valence-corrected chi connectivity index (χ1v) is 12.5. The summed E-state index contributed by atoms with van der Waals surface area (Å²) in [6.07, 6.45) is 0.458. The van der Waals surface area contributed by atoms with Crippen molar-refractivity contribution in [1.29, 1.82) is 0 Å². The van der Waals surface area contributed by atoms with Crippen molar-refractivity contribution in [3.63, 3.8) is 0 Å². The quantitative estimate of drug-likeness (QED) is 0.276. The van der Waals surface area contributed by atoms with Gasteiger partial charge in [-0.15, -0.1) is 0 Å². The van der Waals surface area contributed by atoms with Crippen LogP contribution in [0.15, 0.2) is 84.9 Å². The second kappa shape index (κ2) is 11.4. The molecule has 1 aliphatic rings. The maximum Gasteiger partial charge on any atom is 0.258 e. The van der Waals surface area contributed by atoms with Crippen LogP contribution in [0.25, 0.3) is 10.9 Å². The topological polar surface area (TPSA) is 101 Å². The number of nitrogens with zero attached hydrogens (tertiary/aromatic N) is 2. The SMILES string of the molecule is Cc1cc(COc2ccc(C(=O)N(c3ccccc3)[C@@H]3CCOC[C@@H]3C(=O)NO)cc2)c2ccccc2n1. The molecule has 3 aromatic carbocycles. The number of para-hydroxylation sites is 2. The van der Waals surface area contributed by atoms with E-state index in [1.165, 1.54) is 0 Å². The summed E-state index contributed by atoms with van der Waals surface area (Å²) in [6, 6.07) is 25.7. The van der Waals surface area contributed by atoms with Crippen molar-refractivity contribution in [2.24, 2.45) is 5.92 Å². The minimum atomic E-state index is -0.709. The number of nitrogens with one attached hydrogen (secondary N) is 1. The van der Waals surface area contributed by atoms with Gasteiger partial charge in [0.2, 0.25) is 0 Å². The van der Waals surface area contributed by atoms with Crippen molar-refractivity contribution >= 4 is 28.4 Å². The van der Waals surface area contributed by atoms with Gasteiger partial charge in [0.15, 0.2) is 0 Å². The molecule has 8 nitrogen and oxygen atoms in total. The van der Waals surface area contributed by atoms with Gasteiger partial charge in [-0.05, 0) is 61.9 Å². The van der Waals surface area contributed by atoms with Gasteiger partial charge in [-0.1, -0.05) is 36.4 Å². The molecule has 0 aliphatic carbocycles. The van der Waals surface area contributed by atoms with Crippen molar-refractivity contribution < 1.29 is 24.3 Å². The third-order valence-corrected chi connectivity index (χ3v) is 6.78. The molecule has 1 aliphatic heterocycles. The lowest BCUT2D eigenvalue weighted by molar-refractivity contribution is -0.138. The van der Waals surface area contributed by atoms with E-state index in [0.717, 1.165) is 22.2 Å². The number of hydrogen-bond acceptors (Lipinski definition) is 6. The van der Waals surface area contributed by atoms with E-state index in [4.69, 9.17) is 9.47 Å². The third-order valence-electron chi connectivity index (χ3n) is 6.78. The van der Waals surface area contributed by atoms with Gasteiger partial charge in [0.1, 0.15) is 12.4 Å². The maximum absolute atomic E-state index is 13.8. The van der Waals surface area contributed by atoms with Crippen LogP contribution in [0.2, 0.25) is 0 Å². The predicted octanol–water partition coefficient (Wildman–Crippen LogP) is 4.68. The first-order valence-electron chi connectivity index (χ1n) is 12.5. The second-order valence-electron chi connectivity index (χ2n) is 9.28. The third kappa shape index (κ3) is 5.37. The Labute approximate surface area is 220 Å². The van der Waals surface area contributed by atoms with E-state index in [1.807, 2.05) is 67.6 Å². The highest BCUT2D eigenvalue weighted by atomic mass is 16.5. The Kier molecular flexibility index (Phi) is 7.62. The highest BCUT2D eigenvalue weighted by Crippen LogP contribution is 2.29. The summed E-state index contributed by atoms with van der Waals surface area (Å²) in [4.78, 5) is 32.4. The first-order chi connectivity index (χ1) is 18.5. The van der Waals surface area contributed by atoms with Crippen LogP contribution in [-0.2, 0) is 16.1 Å². The highest BCUT2D eigenvalue weighted by Gasteiger charge is 2.39. The van der Waals surface area contributed by atoms with Gasteiger partial charge in [-0.3, -0.25) is 19.8 Å². The summed E-state index contributed by atoms with van der Waals surface area (Å²) in [5, 5.41) is 10.3. The molecule has 38 heavy (non-hydrogen) atoms. The molecule has 1 fully saturated rings. The van der Waals surface area contributed by atoms with Gasteiger partial charge in [0, 0.05) is 34.5 Å². The van der Waals surface area contributed by atoms with Gasteiger partial charge >= 0.3 is 0 Å². The number of pyridine rings is 1. The molecular formula is C30H29N3O5. The zero-order valence-electron chi connectivity index (χ0n) is 21.0. The Hall–Kier alpha value is -4.27. The molecular weight excluding hydrogens is 482 g/mol. The molecule has 2 atom stereocenters. The van der Waals surface area contributed by atoms with E-state index in [2.05, 4.69) is 4.98 Å². The molecule has 0 bridgehead atoms. The van der Waals surface area contributed by atoms with E-state index >= 15 is 0 Å². The summed E-state index contributed by atoms with van der Waals surface area (Å²) in [6.45, 7) is 2.85. The molecule has 1 aromatic heterocycles. The molecule has 2 heterocycles. The lowest BCUT2D eigenvalue weighted by atomic mass is 9.92. The molecule has 2 N–H and O–H groups in total. The van der Waals surface area contributed by atoms with Gasteiger partial charge in [0.25, 0.3) is 11.8 Å². The average molecular weight is 512 g/mol. The van der Waals surface area contributed by atoms with Crippen molar-refractivity contribution in [2.75, 3.05) is 18.1 Å². The molecule has 4 aromatic rings. The number of anilines is 1. The zero-order chi connectivity index (χ0) is 26.5. The van der Waals surface area contributed by atoms with Gasteiger partial charge in [0.05, 0.1) is 24.1 Å². The summed E-state index contributed by atoms with van der Waals surface area (Å²) in [7, 11) is 0. The molecule has 1 saturated heterocycles. The Balaban J connectivity index is 1.38. The normalized spacial score (nSPS) is 17.1. The number of fused-ring (bicyclic) bond motifs is 1. The van der Waals surface area contributed by atoms with Gasteiger partial charge in [-0.25, -0.2) is 5.48 Å². The van der Waals surface area contributed by atoms with E-state index in [0.29, 0.717) is 36.6 Å². The molecule has 0 spiro atoms. The van der Waals surface area contributed by atoms with Crippen LogP contribution >= 0.6 is 0 Å². The number of ether oxygens (including phenoxy) is 2. The largest absolute Gasteiger partial charge is 0.489 e. The lowest BCUT2D eigenvalue weighted by Gasteiger charge is -2.38. The monoisotopic (exact) mass is 511 g/mol. The number of rotatable bonds is 7. The van der Waals surface area contributed by atoms with E-state index < -0.39 is 17.9 Å². The van der Waals surface area contributed by atoms with Crippen molar-refractivity contribution in [1.82, 2.24) is 10.5 Å². The Morgan fingerprint density at radius 1 is 1.05 bits per heavy atom. The van der Waals surface area contributed by atoms with Crippen LogP contribution < -0.4 is 15.1 Å². The molecule has 0 radical (unpaired) electrons. The fourth-order valence-corrected chi connectivity index (χ4v) is 4.93. The number of carbonyl (C=O) groups is 2. The molecule has 5 rings (SSSR count). The number of aromatic nitrogens is 1. The summed E-state index contributed by atoms with van der Waals surface area (Å²) in [5.74, 6) is -0.902. The number of benzene rings is 3. The number of amides is 2. The fraction of sp³-hybridized carbons (Fsp3) is 0.233. The van der Waals surface area contributed by atoms with Crippen LogP contribution in [0.5, 0.6) is 5.75 Å². The lowest BCUT2D eigenvalue weighted by Crippen LogP contribution is -2.53. The van der Waals surface area contributed by atoms with Crippen molar-refractivity contribution in [3.05, 3.63) is 102 Å². The van der Waals surface area contributed by atoms with Crippen LogP contribution in [0.4, 0.5) is 5.69 Å². The second-order valence-corrected chi connectivity index (χ2v) is 9.28. The summed E-state index contributed by atoms with van der Waals surface area (Å²) >= 11 is 0. The molecule has 0 saturated carbocycles.